The molecule has 0 aromatic heterocycles. The first-order valence-electron chi connectivity index (χ1n) is 3.50. The molecule has 3 nitrogen and oxygen atoms in total. The van der Waals surface area contributed by atoms with Gasteiger partial charge in [0.1, 0.15) is 0 Å². The van der Waals surface area contributed by atoms with Crippen molar-refractivity contribution in [3.63, 3.8) is 0 Å². The van der Waals surface area contributed by atoms with Crippen molar-refractivity contribution in [2.75, 3.05) is 6.54 Å². The molecule has 0 aromatic rings. The molecule has 4 N–H and O–H groups in total. The molecular formula is C6H15N3S. The Labute approximate surface area is 67.3 Å². The number of hydrogen-bond acceptors (Lipinski definition) is 2. The van der Waals surface area contributed by atoms with Gasteiger partial charge in [0, 0.05) is 6.54 Å². The molecule has 0 aromatic carbocycles. The second kappa shape index (κ2) is 5.44. The maximum atomic E-state index is 5.42. The minimum Gasteiger partial charge on any atom is -0.375 e. The summed E-state index contributed by atoms with van der Waals surface area (Å²) < 4.78 is 0. The van der Waals surface area contributed by atoms with E-state index in [1.165, 1.54) is 17.9 Å². The molecule has 0 saturated heterocycles. The van der Waals surface area contributed by atoms with Gasteiger partial charge in [0.25, 0.3) is 0 Å². The first-order chi connectivity index (χ1) is 4.68. The number of hydrogen-bond donors (Lipinski definition) is 2. The summed E-state index contributed by atoms with van der Waals surface area (Å²) in [4.78, 5) is 0. The van der Waals surface area contributed by atoms with E-state index in [0.717, 1.165) is 13.0 Å². The minimum absolute atomic E-state index is 0.274. The third kappa shape index (κ3) is 4.52. The Morgan fingerprint density at radius 1 is 1.50 bits per heavy atom. The van der Waals surface area contributed by atoms with Crippen LogP contribution >= 0.6 is 12.2 Å². The highest BCUT2D eigenvalue weighted by molar-refractivity contribution is 7.80. The molecule has 60 valence electrons. The van der Waals surface area contributed by atoms with Crippen molar-refractivity contribution in [3.8, 4) is 0 Å². The fourth-order valence-electron chi connectivity index (χ4n) is 0.642. The van der Waals surface area contributed by atoms with Crippen molar-refractivity contribution in [2.45, 2.75) is 26.2 Å². The van der Waals surface area contributed by atoms with Crippen LogP contribution in [0.25, 0.3) is 0 Å². The summed E-state index contributed by atoms with van der Waals surface area (Å²) in [6.07, 6.45) is 3.42. The summed E-state index contributed by atoms with van der Waals surface area (Å²) in [5, 5.41) is 1.68. The third-order valence-corrected chi connectivity index (χ3v) is 1.52. The van der Waals surface area contributed by atoms with E-state index >= 15 is 0 Å². The Bertz CT molecular complexity index is 105. The Kier molecular flexibility index (Phi) is 5.25. The van der Waals surface area contributed by atoms with E-state index in [0.29, 0.717) is 0 Å². The third-order valence-electron chi connectivity index (χ3n) is 1.29. The lowest BCUT2D eigenvalue weighted by molar-refractivity contribution is 0.424. The Morgan fingerprint density at radius 3 is 2.50 bits per heavy atom. The molecule has 0 aliphatic heterocycles. The fourth-order valence-corrected chi connectivity index (χ4v) is 0.734. The standard InChI is InChI=1S/C6H15N3S/c1-2-3-4-5-9(8)6(7)10/h2-5,8H2,1H3,(H2,7,10). The average Bonchev–Trinajstić information content (AvgIpc) is 1.88. The van der Waals surface area contributed by atoms with Crippen molar-refractivity contribution >= 4 is 17.3 Å². The highest BCUT2D eigenvalue weighted by Gasteiger charge is 1.97. The van der Waals surface area contributed by atoms with E-state index in [1.54, 1.807) is 0 Å². The van der Waals surface area contributed by atoms with Crippen molar-refractivity contribution in [2.24, 2.45) is 11.6 Å². The highest BCUT2D eigenvalue weighted by Crippen LogP contribution is 1.93. The molecule has 0 rings (SSSR count). The van der Waals surface area contributed by atoms with Gasteiger partial charge in [-0.3, -0.25) is 5.01 Å². The van der Waals surface area contributed by atoms with Gasteiger partial charge in [-0.1, -0.05) is 19.8 Å². The number of nitrogens with zero attached hydrogens (tertiary/aromatic N) is 1. The van der Waals surface area contributed by atoms with Crippen molar-refractivity contribution in [3.05, 3.63) is 0 Å². The molecule has 0 atom stereocenters. The molecular weight excluding hydrogens is 146 g/mol. The molecule has 4 heteroatoms. The number of nitrogens with two attached hydrogens (primary N) is 2. The molecule has 0 bridgehead atoms. The van der Waals surface area contributed by atoms with Gasteiger partial charge in [0.2, 0.25) is 0 Å². The van der Waals surface area contributed by atoms with Crippen LogP contribution in [-0.4, -0.2) is 16.7 Å². The van der Waals surface area contributed by atoms with Gasteiger partial charge < -0.3 is 5.73 Å². The number of hydrazine groups is 1. The SMILES string of the molecule is CCCCCN(N)C(N)=S. The van der Waals surface area contributed by atoms with E-state index in [1.807, 2.05) is 0 Å². The molecule has 0 aliphatic carbocycles. The van der Waals surface area contributed by atoms with E-state index in [4.69, 9.17) is 11.6 Å². The van der Waals surface area contributed by atoms with Crippen LogP contribution in [0.1, 0.15) is 26.2 Å². The molecule has 0 spiro atoms. The van der Waals surface area contributed by atoms with E-state index in [2.05, 4.69) is 19.1 Å². The predicted molar refractivity (Wildman–Crippen MR) is 47.2 cm³/mol. The van der Waals surface area contributed by atoms with Crippen molar-refractivity contribution in [1.82, 2.24) is 5.01 Å². The molecule has 10 heavy (non-hydrogen) atoms. The second-order valence-corrected chi connectivity index (χ2v) is 2.66. The van der Waals surface area contributed by atoms with Gasteiger partial charge in [-0.25, -0.2) is 5.84 Å². The lowest BCUT2D eigenvalue weighted by atomic mass is 10.2. The zero-order valence-electron chi connectivity index (χ0n) is 6.34. The number of rotatable bonds is 4. The van der Waals surface area contributed by atoms with Crippen LogP contribution in [0.4, 0.5) is 0 Å². The van der Waals surface area contributed by atoms with Crippen LogP contribution in [0.3, 0.4) is 0 Å². The largest absolute Gasteiger partial charge is 0.375 e. The number of unbranched alkanes of at least 4 members (excludes halogenated alkanes) is 2. The quantitative estimate of drug-likeness (QED) is 0.274. The van der Waals surface area contributed by atoms with Gasteiger partial charge in [-0.2, -0.15) is 0 Å². The van der Waals surface area contributed by atoms with E-state index < -0.39 is 0 Å². The molecule has 0 aliphatic rings. The molecule has 0 saturated carbocycles. The normalized spacial score (nSPS) is 9.40. The number of thiocarbonyl (C=S) groups is 1. The smallest absolute Gasteiger partial charge is 0.180 e. The van der Waals surface area contributed by atoms with Gasteiger partial charge >= 0.3 is 0 Å². The van der Waals surface area contributed by atoms with Crippen LogP contribution < -0.4 is 11.6 Å². The van der Waals surface area contributed by atoms with Crippen LogP contribution in [0.2, 0.25) is 0 Å². The maximum absolute atomic E-state index is 5.42. The van der Waals surface area contributed by atoms with Gasteiger partial charge in [-0.05, 0) is 18.6 Å². The van der Waals surface area contributed by atoms with Crippen LogP contribution in [0.5, 0.6) is 0 Å². The first-order valence-corrected chi connectivity index (χ1v) is 3.91. The van der Waals surface area contributed by atoms with Gasteiger partial charge in [-0.15, -0.1) is 0 Å². The first kappa shape index (κ1) is 9.65. The lowest BCUT2D eigenvalue weighted by Gasteiger charge is -2.14. The minimum atomic E-state index is 0.274. The summed E-state index contributed by atoms with van der Waals surface area (Å²) >= 11 is 4.65. The molecule has 0 fully saturated rings. The predicted octanol–water partition coefficient (Wildman–Crippen LogP) is 0.596. The topological polar surface area (TPSA) is 55.3 Å². The average molecular weight is 161 g/mol. The maximum Gasteiger partial charge on any atom is 0.180 e. The molecule has 0 amide bonds. The van der Waals surface area contributed by atoms with Crippen LogP contribution in [0.15, 0.2) is 0 Å². The van der Waals surface area contributed by atoms with Crippen LogP contribution in [0, 0.1) is 0 Å². The molecule has 0 heterocycles. The molecule has 0 radical (unpaired) electrons. The lowest BCUT2D eigenvalue weighted by Crippen LogP contribution is -2.41. The summed E-state index contributed by atoms with van der Waals surface area (Å²) in [6, 6.07) is 0. The summed E-state index contributed by atoms with van der Waals surface area (Å²) in [6.45, 7) is 2.91. The van der Waals surface area contributed by atoms with E-state index in [-0.39, 0.29) is 5.11 Å². The summed E-state index contributed by atoms with van der Waals surface area (Å²) in [5.41, 5.74) is 5.25. The summed E-state index contributed by atoms with van der Waals surface area (Å²) in [5.74, 6) is 5.42. The second-order valence-electron chi connectivity index (χ2n) is 2.24. The van der Waals surface area contributed by atoms with Crippen LogP contribution in [-0.2, 0) is 0 Å². The van der Waals surface area contributed by atoms with E-state index in [9.17, 15) is 0 Å². The summed E-state index contributed by atoms with van der Waals surface area (Å²) in [7, 11) is 0. The molecule has 0 unspecified atom stereocenters. The Hall–Kier alpha value is -0.350. The zero-order chi connectivity index (χ0) is 7.98. The zero-order valence-corrected chi connectivity index (χ0v) is 7.16. The van der Waals surface area contributed by atoms with Crippen molar-refractivity contribution in [1.29, 1.82) is 0 Å². The monoisotopic (exact) mass is 161 g/mol. The van der Waals surface area contributed by atoms with Crippen molar-refractivity contribution < 1.29 is 0 Å². The highest BCUT2D eigenvalue weighted by atomic mass is 32.1. The van der Waals surface area contributed by atoms with Gasteiger partial charge in [0.15, 0.2) is 5.11 Å². The Balaban J connectivity index is 3.21. The fraction of sp³-hybridized carbons (Fsp3) is 0.833. The Morgan fingerprint density at radius 2 is 2.10 bits per heavy atom. The van der Waals surface area contributed by atoms with Gasteiger partial charge in [0.05, 0.1) is 0 Å².